The van der Waals surface area contributed by atoms with Gasteiger partial charge in [-0.05, 0) is 53.8 Å². The minimum absolute atomic E-state index is 0.196. The van der Waals surface area contributed by atoms with Crippen molar-refractivity contribution in [1.82, 2.24) is 0 Å². The number of esters is 2. The second-order valence-corrected chi connectivity index (χ2v) is 7.36. The van der Waals surface area contributed by atoms with Gasteiger partial charge in [0, 0.05) is 5.92 Å². The van der Waals surface area contributed by atoms with Crippen LogP contribution in [0.2, 0.25) is 0 Å². The van der Waals surface area contributed by atoms with Crippen LogP contribution in [0.25, 0.3) is 6.08 Å². The summed E-state index contributed by atoms with van der Waals surface area (Å²) >= 11 is 0. The number of ether oxygens (including phenoxy) is 6. The van der Waals surface area contributed by atoms with Crippen LogP contribution in [-0.2, 0) is 28.5 Å². The summed E-state index contributed by atoms with van der Waals surface area (Å²) in [6, 6.07) is 3.63. The van der Waals surface area contributed by atoms with Crippen molar-refractivity contribution in [2.75, 3.05) is 42.7 Å². The summed E-state index contributed by atoms with van der Waals surface area (Å²) in [5, 5.41) is 0. The molecular weight excluding hydrogens is 416 g/mol. The number of allylic oxidation sites excluding steroid dienone is 2. The highest BCUT2D eigenvalue weighted by Crippen LogP contribution is 2.49. The molecule has 0 aromatic heterocycles. The number of carbonyl (C=O) groups is 2. The molecule has 0 saturated carbocycles. The molecule has 0 fully saturated rings. The Kier molecular flexibility index (Phi) is 7.12. The van der Waals surface area contributed by atoms with Gasteiger partial charge in [-0.3, -0.25) is 4.79 Å². The van der Waals surface area contributed by atoms with E-state index in [1.165, 1.54) is 14.2 Å². The van der Waals surface area contributed by atoms with E-state index in [-0.39, 0.29) is 11.5 Å². The molecule has 0 radical (unpaired) electrons. The topological polar surface area (TPSA) is 89.5 Å². The molecule has 1 aromatic carbocycles. The lowest BCUT2D eigenvalue weighted by Gasteiger charge is -2.37. The van der Waals surface area contributed by atoms with Gasteiger partial charge in [0.25, 0.3) is 0 Å². The van der Waals surface area contributed by atoms with E-state index >= 15 is 0 Å². The van der Waals surface area contributed by atoms with Crippen molar-refractivity contribution in [2.45, 2.75) is 12.3 Å². The van der Waals surface area contributed by atoms with Crippen LogP contribution >= 0.6 is 0 Å². The number of carbonyl (C=O) groups excluding carboxylic acids is 2. The van der Waals surface area contributed by atoms with Crippen LogP contribution in [-0.4, -0.2) is 54.6 Å². The molecule has 2 aliphatic rings. The second kappa shape index (κ2) is 9.80. The van der Waals surface area contributed by atoms with Gasteiger partial charge >= 0.3 is 11.9 Å². The highest BCUT2D eigenvalue weighted by atomic mass is 16.5. The Morgan fingerprint density at radius 3 is 2.06 bits per heavy atom. The van der Waals surface area contributed by atoms with Crippen LogP contribution in [0, 0.1) is 11.8 Å². The van der Waals surface area contributed by atoms with E-state index in [0.29, 0.717) is 29.4 Å². The first-order valence-corrected chi connectivity index (χ1v) is 10.1. The number of hydrogen-bond acceptors (Lipinski definition) is 8. The SMILES string of the molecule is COC(=O)C1=Cc2cc(OC)c(OC)cc2C(C2C=C(OC)C(OC)=CC2)C1C(=O)OC. The molecule has 0 bridgehead atoms. The maximum Gasteiger partial charge on any atom is 0.334 e. The first-order chi connectivity index (χ1) is 15.4. The van der Waals surface area contributed by atoms with Crippen molar-refractivity contribution in [3.05, 3.63) is 52.5 Å². The Balaban J connectivity index is 2.26. The lowest BCUT2D eigenvalue weighted by Crippen LogP contribution is -2.36. The van der Waals surface area contributed by atoms with Crippen molar-refractivity contribution < 1.29 is 38.0 Å². The van der Waals surface area contributed by atoms with E-state index in [1.54, 1.807) is 40.6 Å². The average molecular weight is 444 g/mol. The smallest absolute Gasteiger partial charge is 0.334 e. The molecule has 1 aromatic rings. The fourth-order valence-electron chi connectivity index (χ4n) is 4.43. The molecule has 172 valence electrons. The summed E-state index contributed by atoms with van der Waals surface area (Å²) in [5.41, 5.74) is 1.79. The van der Waals surface area contributed by atoms with Crippen LogP contribution < -0.4 is 9.47 Å². The van der Waals surface area contributed by atoms with Gasteiger partial charge in [0.05, 0.1) is 54.1 Å². The van der Waals surface area contributed by atoms with Gasteiger partial charge in [0.1, 0.15) is 0 Å². The Morgan fingerprint density at radius 2 is 1.50 bits per heavy atom. The third-order valence-corrected chi connectivity index (χ3v) is 5.91. The molecule has 0 heterocycles. The van der Waals surface area contributed by atoms with Gasteiger partial charge in [-0.25, -0.2) is 4.79 Å². The Hall–Kier alpha value is -3.42. The molecule has 3 rings (SSSR count). The van der Waals surface area contributed by atoms with Crippen molar-refractivity contribution in [3.63, 3.8) is 0 Å². The van der Waals surface area contributed by atoms with Gasteiger partial charge in [-0.1, -0.05) is 0 Å². The van der Waals surface area contributed by atoms with Crippen molar-refractivity contribution in [3.8, 4) is 11.5 Å². The quantitative estimate of drug-likeness (QED) is 0.593. The van der Waals surface area contributed by atoms with E-state index in [1.807, 2.05) is 18.2 Å². The predicted octanol–water partition coefficient (Wildman–Crippen LogP) is 3.23. The van der Waals surface area contributed by atoms with E-state index < -0.39 is 23.8 Å². The number of benzene rings is 1. The van der Waals surface area contributed by atoms with Gasteiger partial charge in [-0.2, -0.15) is 0 Å². The Bertz CT molecular complexity index is 988. The number of hydrogen-bond donors (Lipinski definition) is 0. The molecule has 0 aliphatic heterocycles. The highest BCUT2D eigenvalue weighted by molar-refractivity contribution is 6.01. The first kappa shape index (κ1) is 23.2. The number of rotatable bonds is 7. The average Bonchev–Trinajstić information content (AvgIpc) is 2.84. The van der Waals surface area contributed by atoms with Gasteiger partial charge < -0.3 is 28.4 Å². The Morgan fingerprint density at radius 1 is 0.844 bits per heavy atom. The maximum atomic E-state index is 13.0. The standard InChI is InChI=1S/C24H28O8/c1-27-17-8-7-13(10-18(17)28-2)21-15-12-20(30-4)19(29-3)11-14(15)9-16(23(25)31-5)22(21)24(26)32-6/h8-13,21-22H,7H2,1-6H3. The molecule has 32 heavy (non-hydrogen) atoms. The van der Waals surface area contributed by atoms with Crippen LogP contribution in [0.15, 0.2) is 41.4 Å². The molecule has 3 unspecified atom stereocenters. The van der Waals surface area contributed by atoms with E-state index in [9.17, 15) is 9.59 Å². The second-order valence-electron chi connectivity index (χ2n) is 7.36. The minimum atomic E-state index is -0.880. The molecule has 0 spiro atoms. The van der Waals surface area contributed by atoms with Gasteiger partial charge in [0.2, 0.25) is 0 Å². The third kappa shape index (κ3) is 4.04. The summed E-state index contributed by atoms with van der Waals surface area (Å²) in [6.07, 6.45) is 6.05. The molecule has 8 nitrogen and oxygen atoms in total. The molecule has 0 N–H and O–H groups in total. The molecule has 8 heteroatoms. The number of fused-ring (bicyclic) bond motifs is 1. The monoisotopic (exact) mass is 444 g/mol. The van der Waals surface area contributed by atoms with Crippen molar-refractivity contribution in [2.24, 2.45) is 11.8 Å². The van der Waals surface area contributed by atoms with Crippen LogP contribution in [0.4, 0.5) is 0 Å². The molecular formula is C24H28O8. The molecule has 0 saturated heterocycles. The van der Waals surface area contributed by atoms with E-state index in [2.05, 4.69) is 0 Å². The molecule has 3 atom stereocenters. The van der Waals surface area contributed by atoms with Crippen LogP contribution in [0.5, 0.6) is 11.5 Å². The lowest BCUT2D eigenvalue weighted by atomic mass is 9.67. The maximum absolute atomic E-state index is 13.0. The molecule has 0 amide bonds. The predicted molar refractivity (Wildman–Crippen MR) is 116 cm³/mol. The Labute approximate surface area is 187 Å². The largest absolute Gasteiger partial charge is 0.493 e. The van der Waals surface area contributed by atoms with Crippen LogP contribution in [0.1, 0.15) is 23.5 Å². The summed E-state index contributed by atoms with van der Waals surface area (Å²) in [4.78, 5) is 25.7. The lowest BCUT2D eigenvalue weighted by molar-refractivity contribution is -0.148. The summed E-state index contributed by atoms with van der Waals surface area (Å²) in [5.74, 6) is -0.431. The van der Waals surface area contributed by atoms with E-state index in [0.717, 1.165) is 11.1 Å². The highest BCUT2D eigenvalue weighted by Gasteiger charge is 2.45. The van der Waals surface area contributed by atoms with Crippen molar-refractivity contribution >= 4 is 18.0 Å². The summed E-state index contributed by atoms with van der Waals surface area (Å²) in [6.45, 7) is 0. The first-order valence-electron chi connectivity index (χ1n) is 10.1. The minimum Gasteiger partial charge on any atom is -0.493 e. The summed E-state index contributed by atoms with van der Waals surface area (Å²) in [7, 11) is 8.81. The van der Waals surface area contributed by atoms with Crippen molar-refractivity contribution in [1.29, 1.82) is 0 Å². The fourth-order valence-corrected chi connectivity index (χ4v) is 4.43. The zero-order valence-electron chi connectivity index (χ0n) is 19.1. The molecule has 2 aliphatic carbocycles. The fraction of sp³-hybridized carbons (Fsp3) is 0.417. The summed E-state index contributed by atoms with van der Waals surface area (Å²) < 4.78 is 32.0. The van der Waals surface area contributed by atoms with Gasteiger partial charge in [0.15, 0.2) is 23.0 Å². The van der Waals surface area contributed by atoms with Gasteiger partial charge in [-0.15, -0.1) is 0 Å². The zero-order valence-corrected chi connectivity index (χ0v) is 19.1. The number of methoxy groups -OCH3 is 6. The van der Waals surface area contributed by atoms with E-state index in [4.69, 9.17) is 28.4 Å². The zero-order chi connectivity index (χ0) is 23.4. The van der Waals surface area contributed by atoms with Crippen LogP contribution in [0.3, 0.4) is 0 Å². The third-order valence-electron chi connectivity index (χ3n) is 5.91. The normalized spacial score (nSPS) is 21.8.